The molecule has 0 bridgehead atoms. The molecular weight excluding hydrogens is 297 g/mol. The zero-order valence-electron chi connectivity index (χ0n) is 12.6. The Kier molecular flexibility index (Phi) is 4.18. The van der Waals surface area contributed by atoms with Crippen LogP contribution in [0.5, 0.6) is 0 Å². The van der Waals surface area contributed by atoms with Crippen molar-refractivity contribution in [2.45, 2.75) is 20.0 Å². The fraction of sp³-hybridized carbons (Fsp3) is 0.188. The summed E-state index contributed by atoms with van der Waals surface area (Å²) in [6, 6.07) is 7.58. The second kappa shape index (κ2) is 6.43. The number of nitrogens with zero attached hydrogens (tertiary/aromatic N) is 3. The van der Waals surface area contributed by atoms with E-state index in [-0.39, 0.29) is 11.7 Å². The SMILES string of the molecule is CCn1cc(CNC(=O)c2cc(-c3ccc(F)cc3)n[nH]2)cn1. The summed E-state index contributed by atoms with van der Waals surface area (Å²) < 4.78 is 14.7. The minimum absolute atomic E-state index is 0.255. The van der Waals surface area contributed by atoms with Crippen LogP contribution in [0.4, 0.5) is 4.39 Å². The van der Waals surface area contributed by atoms with Crippen molar-refractivity contribution in [3.05, 3.63) is 59.8 Å². The van der Waals surface area contributed by atoms with Crippen molar-refractivity contribution in [1.82, 2.24) is 25.3 Å². The van der Waals surface area contributed by atoms with Crippen LogP contribution in [0.1, 0.15) is 23.0 Å². The van der Waals surface area contributed by atoms with Gasteiger partial charge in [-0.2, -0.15) is 10.2 Å². The number of rotatable bonds is 5. The highest BCUT2D eigenvalue weighted by molar-refractivity contribution is 5.93. The number of halogens is 1. The third kappa shape index (κ3) is 3.45. The fourth-order valence-corrected chi connectivity index (χ4v) is 2.15. The van der Waals surface area contributed by atoms with E-state index < -0.39 is 0 Å². The van der Waals surface area contributed by atoms with Gasteiger partial charge in [0.1, 0.15) is 11.5 Å². The molecule has 2 heterocycles. The molecule has 6 nitrogen and oxygen atoms in total. The number of aryl methyl sites for hydroxylation is 1. The second-order valence-electron chi connectivity index (χ2n) is 5.06. The molecule has 0 aliphatic rings. The van der Waals surface area contributed by atoms with Crippen LogP contribution < -0.4 is 5.32 Å². The Morgan fingerprint density at radius 3 is 2.83 bits per heavy atom. The van der Waals surface area contributed by atoms with Crippen molar-refractivity contribution in [2.24, 2.45) is 0 Å². The molecule has 0 radical (unpaired) electrons. The average molecular weight is 313 g/mol. The number of H-pyrrole nitrogens is 1. The number of hydrogen-bond acceptors (Lipinski definition) is 3. The Balaban J connectivity index is 1.65. The van der Waals surface area contributed by atoms with Crippen LogP contribution in [-0.2, 0) is 13.1 Å². The molecule has 0 aliphatic carbocycles. The maximum atomic E-state index is 12.9. The van der Waals surface area contributed by atoms with Gasteiger partial charge < -0.3 is 5.32 Å². The number of aromatic nitrogens is 4. The maximum absolute atomic E-state index is 12.9. The smallest absolute Gasteiger partial charge is 0.269 e. The molecule has 23 heavy (non-hydrogen) atoms. The van der Waals surface area contributed by atoms with Crippen molar-refractivity contribution >= 4 is 5.91 Å². The van der Waals surface area contributed by atoms with Gasteiger partial charge in [-0.1, -0.05) is 0 Å². The number of aromatic amines is 1. The predicted molar refractivity (Wildman–Crippen MR) is 83.1 cm³/mol. The summed E-state index contributed by atoms with van der Waals surface area (Å²) in [7, 11) is 0. The van der Waals surface area contributed by atoms with Crippen LogP contribution in [0.25, 0.3) is 11.3 Å². The molecule has 3 aromatic rings. The molecular formula is C16H16FN5O. The van der Waals surface area contributed by atoms with E-state index in [1.54, 1.807) is 29.1 Å². The number of benzene rings is 1. The fourth-order valence-electron chi connectivity index (χ4n) is 2.15. The number of hydrogen-bond donors (Lipinski definition) is 2. The first-order valence-corrected chi connectivity index (χ1v) is 7.26. The summed E-state index contributed by atoms with van der Waals surface area (Å²) >= 11 is 0. The zero-order valence-corrected chi connectivity index (χ0v) is 12.6. The lowest BCUT2D eigenvalue weighted by molar-refractivity contribution is 0.0946. The van der Waals surface area contributed by atoms with Crippen LogP contribution in [0.2, 0.25) is 0 Å². The molecule has 0 saturated heterocycles. The molecule has 118 valence electrons. The third-order valence-electron chi connectivity index (χ3n) is 3.43. The van der Waals surface area contributed by atoms with E-state index >= 15 is 0 Å². The van der Waals surface area contributed by atoms with E-state index in [4.69, 9.17) is 0 Å². The first-order chi connectivity index (χ1) is 11.2. The lowest BCUT2D eigenvalue weighted by Crippen LogP contribution is -2.22. The van der Waals surface area contributed by atoms with Gasteiger partial charge in [0.05, 0.1) is 11.9 Å². The predicted octanol–water partition coefficient (Wildman–Crippen LogP) is 2.36. The summed E-state index contributed by atoms with van der Waals surface area (Å²) in [6.45, 7) is 3.18. The van der Waals surface area contributed by atoms with E-state index in [9.17, 15) is 9.18 Å². The van der Waals surface area contributed by atoms with Gasteiger partial charge in [-0.25, -0.2) is 4.39 Å². The van der Waals surface area contributed by atoms with Crippen LogP contribution in [0.15, 0.2) is 42.7 Å². The Hall–Kier alpha value is -2.96. The van der Waals surface area contributed by atoms with Crippen molar-refractivity contribution in [1.29, 1.82) is 0 Å². The van der Waals surface area contributed by atoms with E-state index in [1.807, 2.05) is 13.1 Å². The molecule has 2 N–H and O–H groups in total. The number of carbonyl (C=O) groups is 1. The number of carbonyl (C=O) groups excluding carboxylic acids is 1. The minimum atomic E-state index is -0.310. The van der Waals surface area contributed by atoms with Gasteiger partial charge in [-0.3, -0.25) is 14.6 Å². The van der Waals surface area contributed by atoms with E-state index in [0.29, 0.717) is 17.9 Å². The van der Waals surface area contributed by atoms with E-state index in [1.165, 1.54) is 12.1 Å². The van der Waals surface area contributed by atoms with Gasteiger partial charge in [0, 0.05) is 30.4 Å². The second-order valence-corrected chi connectivity index (χ2v) is 5.06. The maximum Gasteiger partial charge on any atom is 0.269 e. The quantitative estimate of drug-likeness (QED) is 0.759. The lowest BCUT2D eigenvalue weighted by Gasteiger charge is -2.00. The first kappa shape index (κ1) is 15.0. The molecule has 0 spiro atoms. The lowest BCUT2D eigenvalue weighted by atomic mass is 10.1. The van der Waals surface area contributed by atoms with Gasteiger partial charge in [0.2, 0.25) is 0 Å². The normalized spacial score (nSPS) is 10.7. The number of nitrogens with one attached hydrogen (secondary N) is 2. The van der Waals surface area contributed by atoms with Crippen molar-refractivity contribution < 1.29 is 9.18 Å². The topological polar surface area (TPSA) is 75.6 Å². The Morgan fingerprint density at radius 2 is 2.13 bits per heavy atom. The zero-order chi connectivity index (χ0) is 16.2. The molecule has 2 aromatic heterocycles. The molecule has 0 unspecified atom stereocenters. The Bertz CT molecular complexity index is 806. The van der Waals surface area contributed by atoms with Crippen molar-refractivity contribution in [2.75, 3.05) is 0 Å². The minimum Gasteiger partial charge on any atom is -0.347 e. The van der Waals surface area contributed by atoms with E-state index in [0.717, 1.165) is 17.7 Å². The summed E-state index contributed by atoms with van der Waals surface area (Å²) in [4.78, 5) is 12.1. The highest BCUT2D eigenvalue weighted by atomic mass is 19.1. The monoisotopic (exact) mass is 313 g/mol. The molecule has 0 fully saturated rings. The standard InChI is InChI=1S/C16H16FN5O/c1-2-22-10-11(9-19-22)8-18-16(23)15-7-14(20-21-15)12-3-5-13(17)6-4-12/h3-7,9-10H,2,8H2,1H3,(H,18,23)(H,20,21). The van der Waals surface area contributed by atoms with Gasteiger partial charge in [-0.15, -0.1) is 0 Å². The highest BCUT2D eigenvalue weighted by Crippen LogP contribution is 2.18. The van der Waals surface area contributed by atoms with Gasteiger partial charge in [-0.05, 0) is 37.3 Å². The Labute approximate surface area is 132 Å². The summed E-state index contributed by atoms with van der Waals surface area (Å²) in [5, 5.41) is 13.7. The van der Waals surface area contributed by atoms with Crippen LogP contribution in [0, 0.1) is 5.82 Å². The van der Waals surface area contributed by atoms with E-state index in [2.05, 4.69) is 20.6 Å². The summed E-state index contributed by atoms with van der Waals surface area (Å²) in [5.41, 5.74) is 2.62. The molecule has 1 amide bonds. The van der Waals surface area contributed by atoms with Gasteiger partial charge in [0.25, 0.3) is 5.91 Å². The Morgan fingerprint density at radius 1 is 1.35 bits per heavy atom. The molecule has 0 atom stereocenters. The van der Waals surface area contributed by atoms with Crippen molar-refractivity contribution in [3.8, 4) is 11.3 Å². The molecule has 0 aliphatic heterocycles. The van der Waals surface area contributed by atoms with Crippen molar-refractivity contribution in [3.63, 3.8) is 0 Å². The molecule has 7 heteroatoms. The van der Waals surface area contributed by atoms with Crippen LogP contribution in [0.3, 0.4) is 0 Å². The molecule has 1 aromatic carbocycles. The first-order valence-electron chi connectivity index (χ1n) is 7.26. The largest absolute Gasteiger partial charge is 0.347 e. The van der Waals surface area contributed by atoms with Crippen LogP contribution in [-0.4, -0.2) is 25.9 Å². The summed E-state index contributed by atoms with van der Waals surface area (Å²) in [6.07, 6.45) is 3.61. The molecule has 0 saturated carbocycles. The van der Waals surface area contributed by atoms with Gasteiger partial charge in [0.15, 0.2) is 0 Å². The highest BCUT2D eigenvalue weighted by Gasteiger charge is 2.11. The van der Waals surface area contributed by atoms with Gasteiger partial charge >= 0.3 is 0 Å². The third-order valence-corrected chi connectivity index (χ3v) is 3.43. The average Bonchev–Trinajstić information content (AvgIpc) is 3.22. The number of amides is 1. The molecule has 3 rings (SSSR count). The van der Waals surface area contributed by atoms with Crippen LogP contribution >= 0.6 is 0 Å². The summed E-state index contributed by atoms with van der Waals surface area (Å²) in [5.74, 6) is -0.565.